The Balaban J connectivity index is 2.17. The van der Waals surface area contributed by atoms with E-state index in [2.05, 4.69) is 5.32 Å². The van der Waals surface area contributed by atoms with Crippen molar-refractivity contribution >= 4 is 11.8 Å². The van der Waals surface area contributed by atoms with Crippen LogP contribution < -0.4 is 10.1 Å². The Morgan fingerprint density at radius 2 is 1.28 bits per heavy atom. The van der Waals surface area contributed by atoms with Gasteiger partial charge in [-0.2, -0.15) is 10.5 Å². The molecule has 4 rings (SSSR count). The molecule has 2 heterocycles. The van der Waals surface area contributed by atoms with Crippen LogP contribution in [0.4, 0.5) is 0 Å². The van der Waals surface area contributed by atoms with Gasteiger partial charge >= 0.3 is 0 Å². The van der Waals surface area contributed by atoms with Gasteiger partial charge in [0.2, 0.25) is 11.8 Å². The summed E-state index contributed by atoms with van der Waals surface area (Å²) in [7, 11) is 0. The number of amides is 2. The van der Waals surface area contributed by atoms with Gasteiger partial charge in [-0.1, -0.05) is 36.4 Å². The van der Waals surface area contributed by atoms with E-state index < -0.39 is 29.1 Å². The van der Waals surface area contributed by atoms with E-state index in [-0.39, 0.29) is 0 Å². The normalized spacial score (nSPS) is 22.6. The highest BCUT2D eigenvalue weighted by atomic mass is 16.5. The second-order valence-corrected chi connectivity index (χ2v) is 5.94. The Hall–Kier alpha value is -3.64. The van der Waals surface area contributed by atoms with Crippen LogP contribution in [0.15, 0.2) is 48.5 Å². The largest absolute Gasteiger partial charge is 0.457 e. The zero-order valence-corrected chi connectivity index (χ0v) is 12.9. The molecule has 0 aromatic heterocycles. The molecule has 2 atom stereocenters. The fourth-order valence-corrected chi connectivity index (χ4v) is 3.85. The summed E-state index contributed by atoms with van der Waals surface area (Å²) in [5.74, 6) is -3.01. The number of nitriles is 2. The van der Waals surface area contributed by atoms with E-state index in [1.165, 1.54) is 0 Å². The van der Waals surface area contributed by atoms with Crippen molar-refractivity contribution in [3.05, 3.63) is 59.7 Å². The number of hydrogen-bond acceptors (Lipinski definition) is 5. The first-order valence-electron chi connectivity index (χ1n) is 7.65. The van der Waals surface area contributed by atoms with Crippen LogP contribution in [0.25, 0.3) is 0 Å². The monoisotopic (exact) mass is 329 g/mol. The average molecular weight is 329 g/mol. The number of para-hydroxylation sites is 2. The smallest absolute Gasteiger partial charge is 0.245 e. The standard InChI is InChI=1S/C19H11N3O3/c20-9-13-17(23)22-18(24)14(10-21)19(13)11-5-1-3-7-15(11)25-16-8-4-2-6-12(16)19/h1-8,13-14H,(H,22,23,24)/t13-,14-/m0/s1. The molecule has 2 aliphatic rings. The summed E-state index contributed by atoms with van der Waals surface area (Å²) in [5, 5.41) is 21.7. The van der Waals surface area contributed by atoms with E-state index >= 15 is 0 Å². The summed E-state index contributed by atoms with van der Waals surface area (Å²) in [5.41, 5.74) is -0.418. The summed E-state index contributed by atoms with van der Waals surface area (Å²) >= 11 is 0. The number of fused-ring (bicyclic) bond motifs is 4. The number of piperidine rings is 1. The van der Waals surface area contributed by atoms with Gasteiger partial charge in [0.05, 0.1) is 17.6 Å². The van der Waals surface area contributed by atoms with Gasteiger partial charge < -0.3 is 4.74 Å². The molecule has 2 aromatic rings. The molecule has 1 N–H and O–H groups in total. The molecule has 1 fully saturated rings. The van der Waals surface area contributed by atoms with E-state index in [0.29, 0.717) is 22.6 Å². The van der Waals surface area contributed by atoms with Crippen LogP contribution in [0.1, 0.15) is 11.1 Å². The Morgan fingerprint density at radius 1 is 0.840 bits per heavy atom. The van der Waals surface area contributed by atoms with E-state index in [1.54, 1.807) is 48.5 Å². The lowest BCUT2D eigenvalue weighted by atomic mass is 9.56. The highest BCUT2D eigenvalue weighted by Crippen LogP contribution is 2.56. The fourth-order valence-electron chi connectivity index (χ4n) is 3.85. The Labute approximate surface area is 143 Å². The third kappa shape index (κ3) is 1.76. The fraction of sp³-hybridized carbons (Fsp3) is 0.158. The minimum Gasteiger partial charge on any atom is -0.457 e. The summed E-state index contributed by atoms with van der Waals surface area (Å²) in [6, 6.07) is 17.8. The molecule has 0 aliphatic carbocycles. The number of carbonyl (C=O) groups excluding carboxylic acids is 2. The Morgan fingerprint density at radius 3 is 1.72 bits per heavy atom. The zero-order valence-electron chi connectivity index (χ0n) is 12.9. The number of imide groups is 1. The molecule has 1 spiro atoms. The van der Waals surface area contributed by atoms with Gasteiger partial charge in [-0.05, 0) is 12.1 Å². The molecule has 6 nitrogen and oxygen atoms in total. The molecule has 25 heavy (non-hydrogen) atoms. The molecule has 0 unspecified atom stereocenters. The summed E-state index contributed by atoms with van der Waals surface area (Å²) in [4.78, 5) is 25.0. The van der Waals surface area contributed by atoms with E-state index in [9.17, 15) is 20.1 Å². The van der Waals surface area contributed by atoms with Gasteiger partial charge in [-0.3, -0.25) is 14.9 Å². The number of nitrogens with one attached hydrogen (secondary N) is 1. The maximum atomic E-state index is 12.5. The lowest BCUT2D eigenvalue weighted by molar-refractivity contribution is -0.140. The summed E-state index contributed by atoms with van der Waals surface area (Å²) < 4.78 is 5.90. The van der Waals surface area contributed by atoms with Gasteiger partial charge in [0.25, 0.3) is 0 Å². The van der Waals surface area contributed by atoms with E-state index in [1.807, 2.05) is 12.1 Å². The summed E-state index contributed by atoms with van der Waals surface area (Å²) in [6.45, 7) is 0. The van der Waals surface area contributed by atoms with Gasteiger partial charge in [0.15, 0.2) is 0 Å². The molecule has 2 amide bonds. The minimum atomic E-state index is -1.41. The van der Waals surface area contributed by atoms with Crippen LogP contribution in [0.2, 0.25) is 0 Å². The predicted octanol–water partition coefficient (Wildman–Crippen LogP) is 2.01. The van der Waals surface area contributed by atoms with Crippen LogP contribution in [0.5, 0.6) is 11.5 Å². The van der Waals surface area contributed by atoms with E-state index in [0.717, 1.165) is 0 Å². The molecule has 6 heteroatoms. The first-order chi connectivity index (χ1) is 12.1. The first-order valence-corrected chi connectivity index (χ1v) is 7.65. The number of ether oxygens (including phenoxy) is 1. The van der Waals surface area contributed by atoms with Gasteiger partial charge in [0.1, 0.15) is 23.3 Å². The SMILES string of the molecule is N#C[C@H]1C(=O)NC(=O)[C@H](C#N)C12c1ccccc1Oc1ccccc12. The number of benzene rings is 2. The van der Waals surface area contributed by atoms with Crippen molar-refractivity contribution in [1.29, 1.82) is 10.5 Å². The molecular weight excluding hydrogens is 318 g/mol. The van der Waals surface area contributed by atoms with Crippen LogP contribution in [0, 0.1) is 34.5 Å². The molecule has 2 aliphatic heterocycles. The lowest BCUT2D eigenvalue weighted by Gasteiger charge is -2.46. The van der Waals surface area contributed by atoms with Gasteiger partial charge in [-0.25, -0.2) is 0 Å². The molecule has 120 valence electrons. The second-order valence-electron chi connectivity index (χ2n) is 5.94. The topological polar surface area (TPSA) is 103 Å². The summed E-state index contributed by atoms with van der Waals surface area (Å²) in [6.07, 6.45) is 0. The molecular formula is C19H11N3O3. The number of nitrogens with zero attached hydrogens (tertiary/aromatic N) is 2. The van der Waals surface area contributed by atoms with Crippen molar-refractivity contribution in [2.75, 3.05) is 0 Å². The third-order valence-electron chi connectivity index (χ3n) is 4.83. The van der Waals surface area contributed by atoms with Crippen molar-refractivity contribution in [3.63, 3.8) is 0 Å². The second kappa shape index (κ2) is 5.19. The third-order valence-corrected chi connectivity index (χ3v) is 4.83. The van der Waals surface area contributed by atoms with Crippen LogP contribution in [-0.2, 0) is 15.0 Å². The molecule has 0 bridgehead atoms. The Bertz CT molecular complexity index is 920. The highest BCUT2D eigenvalue weighted by Gasteiger charge is 2.61. The molecule has 0 radical (unpaired) electrons. The molecule has 0 saturated carbocycles. The molecule has 2 aromatic carbocycles. The van der Waals surface area contributed by atoms with Crippen molar-refractivity contribution in [1.82, 2.24) is 5.32 Å². The maximum Gasteiger partial charge on any atom is 0.245 e. The highest BCUT2D eigenvalue weighted by molar-refractivity contribution is 6.05. The predicted molar refractivity (Wildman–Crippen MR) is 85.1 cm³/mol. The van der Waals surface area contributed by atoms with Gasteiger partial charge in [0, 0.05) is 11.1 Å². The van der Waals surface area contributed by atoms with Crippen LogP contribution >= 0.6 is 0 Å². The minimum absolute atomic E-state index is 0.434. The number of carbonyl (C=O) groups is 2. The lowest BCUT2D eigenvalue weighted by Crippen LogP contribution is -2.61. The van der Waals surface area contributed by atoms with Crippen LogP contribution in [-0.4, -0.2) is 11.8 Å². The quantitative estimate of drug-likeness (QED) is 0.745. The number of rotatable bonds is 0. The molecule has 1 saturated heterocycles. The Kier molecular flexibility index (Phi) is 3.10. The number of hydrogen-bond donors (Lipinski definition) is 1. The van der Waals surface area contributed by atoms with Crippen molar-refractivity contribution in [3.8, 4) is 23.6 Å². The van der Waals surface area contributed by atoms with Crippen molar-refractivity contribution < 1.29 is 14.3 Å². The van der Waals surface area contributed by atoms with Gasteiger partial charge in [-0.15, -0.1) is 0 Å². The van der Waals surface area contributed by atoms with Crippen molar-refractivity contribution in [2.45, 2.75) is 5.41 Å². The van der Waals surface area contributed by atoms with E-state index in [4.69, 9.17) is 4.74 Å². The van der Waals surface area contributed by atoms with Crippen LogP contribution in [0.3, 0.4) is 0 Å². The van der Waals surface area contributed by atoms with Crippen molar-refractivity contribution in [2.24, 2.45) is 11.8 Å². The zero-order chi connectivity index (χ0) is 17.6. The maximum absolute atomic E-state index is 12.5. The average Bonchev–Trinajstić information content (AvgIpc) is 2.62. The first kappa shape index (κ1) is 14.9.